The standard InChI is InChI=1S/C16H17N/c1-11-5-7-15(8-6-11)17-16-10-13(3)12(2)9-14(16)4/h5-10,17H,3-4H2,1-2H3. The van der Waals surface area contributed by atoms with Crippen molar-refractivity contribution in [2.45, 2.75) is 13.8 Å². The Morgan fingerprint density at radius 2 is 1.53 bits per heavy atom. The van der Waals surface area contributed by atoms with Crippen LogP contribution in [0.15, 0.2) is 36.4 Å². The van der Waals surface area contributed by atoms with Gasteiger partial charge in [-0.25, -0.2) is 0 Å². The van der Waals surface area contributed by atoms with Crippen LogP contribution < -0.4 is 15.8 Å². The number of anilines is 2. The van der Waals surface area contributed by atoms with E-state index in [2.05, 4.69) is 55.7 Å². The normalized spacial score (nSPS) is 10.2. The molecule has 0 fully saturated rings. The Hall–Kier alpha value is -2.02. The number of benzene rings is 2. The van der Waals surface area contributed by atoms with E-state index in [9.17, 15) is 0 Å². The zero-order valence-electron chi connectivity index (χ0n) is 10.4. The van der Waals surface area contributed by atoms with E-state index in [1.165, 1.54) is 11.1 Å². The lowest BCUT2D eigenvalue weighted by Crippen LogP contribution is -2.14. The lowest BCUT2D eigenvalue weighted by atomic mass is 10.1. The maximum Gasteiger partial charge on any atom is 0.0457 e. The van der Waals surface area contributed by atoms with Gasteiger partial charge in [0, 0.05) is 11.4 Å². The van der Waals surface area contributed by atoms with Gasteiger partial charge in [-0.15, -0.1) is 0 Å². The topological polar surface area (TPSA) is 12.0 Å². The zero-order chi connectivity index (χ0) is 12.4. The fourth-order valence-electron chi connectivity index (χ4n) is 1.72. The first kappa shape index (κ1) is 11.5. The predicted octanol–water partition coefficient (Wildman–Crippen LogP) is 2.87. The summed E-state index contributed by atoms with van der Waals surface area (Å²) in [6.07, 6.45) is 0. The monoisotopic (exact) mass is 223 g/mol. The number of rotatable bonds is 2. The Morgan fingerprint density at radius 3 is 2.18 bits per heavy atom. The predicted molar refractivity (Wildman–Crippen MR) is 75.9 cm³/mol. The molecule has 86 valence electrons. The van der Waals surface area contributed by atoms with Crippen molar-refractivity contribution in [1.82, 2.24) is 0 Å². The molecule has 0 saturated carbocycles. The van der Waals surface area contributed by atoms with Crippen LogP contribution in [0.2, 0.25) is 0 Å². The first-order valence-corrected chi connectivity index (χ1v) is 5.68. The van der Waals surface area contributed by atoms with Crippen LogP contribution in [0, 0.1) is 13.8 Å². The molecule has 0 atom stereocenters. The molecule has 0 aliphatic heterocycles. The highest BCUT2D eigenvalue weighted by molar-refractivity contribution is 5.61. The molecule has 0 aliphatic rings. The summed E-state index contributed by atoms with van der Waals surface area (Å²) in [5.74, 6) is 0. The lowest BCUT2D eigenvalue weighted by Gasteiger charge is -2.08. The Labute approximate surface area is 102 Å². The van der Waals surface area contributed by atoms with E-state index in [0.29, 0.717) is 0 Å². The maximum absolute atomic E-state index is 4.05. The van der Waals surface area contributed by atoms with Crippen LogP contribution in [0.5, 0.6) is 0 Å². The van der Waals surface area contributed by atoms with E-state index in [-0.39, 0.29) is 0 Å². The molecule has 0 heterocycles. The van der Waals surface area contributed by atoms with Gasteiger partial charge in [-0.2, -0.15) is 0 Å². The van der Waals surface area contributed by atoms with Gasteiger partial charge in [-0.1, -0.05) is 30.9 Å². The average molecular weight is 223 g/mol. The van der Waals surface area contributed by atoms with Crippen molar-refractivity contribution in [3.63, 3.8) is 0 Å². The maximum atomic E-state index is 4.05. The van der Waals surface area contributed by atoms with Crippen LogP contribution in [0.4, 0.5) is 11.4 Å². The van der Waals surface area contributed by atoms with Gasteiger partial charge in [0.05, 0.1) is 0 Å². The Kier molecular flexibility index (Phi) is 3.01. The summed E-state index contributed by atoms with van der Waals surface area (Å²) in [4.78, 5) is 0. The fraction of sp³-hybridized carbons (Fsp3) is 0.125. The molecule has 0 saturated heterocycles. The SMILES string of the molecule is C=c1cc(Nc2ccc(C)cc2)c(=C)cc1C. The molecular weight excluding hydrogens is 206 g/mol. The van der Waals surface area contributed by atoms with E-state index >= 15 is 0 Å². The lowest BCUT2D eigenvalue weighted by molar-refractivity contribution is 1.37. The molecule has 1 heteroatoms. The van der Waals surface area contributed by atoms with Crippen molar-refractivity contribution < 1.29 is 0 Å². The molecule has 1 nitrogen and oxygen atoms in total. The summed E-state index contributed by atoms with van der Waals surface area (Å²) >= 11 is 0. The minimum atomic E-state index is 0.996. The van der Waals surface area contributed by atoms with Crippen LogP contribution >= 0.6 is 0 Å². The molecular formula is C16H17N. The largest absolute Gasteiger partial charge is 0.355 e. The molecule has 2 aromatic carbocycles. The molecule has 0 amide bonds. The highest BCUT2D eigenvalue weighted by atomic mass is 14.9. The van der Waals surface area contributed by atoms with Crippen molar-refractivity contribution in [3.05, 3.63) is 58.0 Å². The molecule has 0 aromatic heterocycles. The summed E-state index contributed by atoms with van der Waals surface area (Å²) in [6.45, 7) is 12.2. The third-order valence-corrected chi connectivity index (χ3v) is 2.89. The second-order valence-corrected chi connectivity index (χ2v) is 4.43. The van der Waals surface area contributed by atoms with Gasteiger partial charge in [0.1, 0.15) is 0 Å². The van der Waals surface area contributed by atoms with Crippen LogP contribution in [0.25, 0.3) is 13.2 Å². The van der Waals surface area contributed by atoms with Gasteiger partial charge >= 0.3 is 0 Å². The summed E-state index contributed by atoms with van der Waals surface area (Å²) < 4.78 is 0. The first-order valence-electron chi connectivity index (χ1n) is 5.68. The minimum absolute atomic E-state index is 0.996. The van der Waals surface area contributed by atoms with E-state index in [0.717, 1.165) is 21.8 Å². The Bertz CT molecular complexity index is 624. The molecule has 2 aromatic rings. The van der Waals surface area contributed by atoms with Crippen molar-refractivity contribution in [2.75, 3.05) is 5.32 Å². The molecule has 0 spiro atoms. The third kappa shape index (κ3) is 2.56. The van der Waals surface area contributed by atoms with Crippen molar-refractivity contribution in [3.8, 4) is 0 Å². The van der Waals surface area contributed by atoms with Crippen molar-refractivity contribution >= 4 is 24.5 Å². The molecule has 2 rings (SSSR count). The number of nitrogens with one attached hydrogen (secondary N) is 1. The van der Waals surface area contributed by atoms with Gasteiger partial charge in [-0.05, 0) is 54.1 Å². The summed E-state index contributed by atoms with van der Waals surface area (Å²) in [5, 5.41) is 5.40. The summed E-state index contributed by atoms with van der Waals surface area (Å²) in [6, 6.07) is 12.4. The number of hydrogen-bond acceptors (Lipinski definition) is 1. The molecule has 0 unspecified atom stereocenters. The van der Waals surface area contributed by atoms with Gasteiger partial charge in [0.25, 0.3) is 0 Å². The molecule has 0 aliphatic carbocycles. The van der Waals surface area contributed by atoms with E-state index in [4.69, 9.17) is 0 Å². The average Bonchev–Trinajstić information content (AvgIpc) is 2.29. The van der Waals surface area contributed by atoms with Crippen LogP contribution in [0.1, 0.15) is 11.1 Å². The molecule has 17 heavy (non-hydrogen) atoms. The van der Waals surface area contributed by atoms with E-state index in [1.807, 2.05) is 13.0 Å². The Morgan fingerprint density at radius 1 is 0.882 bits per heavy atom. The minimum Gasteiger partial charge on any atom is -0.355 e. The second kappa shape index (κ2) is 4.46. The molecule has 0 bridgehead atoms. The first-order chi connectivity index (χ1) is 8.06. The quantitative estimate of drug-likeness (QED) is 0.825. The van der Waals surface area contributed by atoms with E-state index < -0.39 is 0 Å². The van der Waals surface area contributed by atoms with Crippen molar-refractivity contribution in [2.24, 2.45) is 0 Å². The second-order valence-electron chi connectivity index (χ2n) is 4.43. The van der Waals surface area contributed by atoms with Crippen LogP contribution in [-0.4, -0.2) is 0 Å². The molecule has 0 radical (unpaired) electrons. The zero-order valence-corrected chi connectivity index (χ0v) is 10.4. The van der Waals surface area contributed by atoms with Gasteiger partial charge < -0.3 is 5.32 Å². The smallest absolute Gasteiger partial charge is 0.0457 e. The van der Waals surface area contributed by atoms with E-state index in [1.54, 1.807) is 0 Å². The van der Waals surface area contributed by atoms with Crippen LogP contribution in [-0.2, 0) is 0 Å². The van der Waals surface area contributed by atoms with Gasteiger partial charge in [0.15, 0.2) is 0 Å². The van der Waals surface area contributed by atoms with Crippen molar-refractivity contribution in [1.29, 1.82) is 0 Å². The van der Waals surface area contributed by atoms with Gasteiger partial charge in [0.2, 0.25) is 0 Å². The van der Waals surface area contributed by atoms with Gasteiger partial charge in [-0.3, -0.25) is 0 Å². The summed E-state index contributed by atoms with van der Waals surface area (Å²) in [7, 11) is 0. The number of hydrogen-bond donors (Lipinski definition) is 1. The number of aryl methyl sites for hydroxylation is 2. The Balaban J connectivity index is 2.36. The highest BCUT2D eigenvalue weighted by Gasteiger charge is 1.97. The fourth-order valence-corrected chi connectivity index (χ4v) is 1.72. The molecule has 1 N–H and O–H groups in total. The highest BCUT2D eigenvalue weighted by Crippen LogP contribution is 2.13. The summed E-state index contributed by atoms with van der Waals surface area (Å²) in [5.41, 5.74) is 4.52. The third-order valence-electron chi connectivity index (χ3n) is 2.89. The van der Waals surface area contributed by atoms with Crippen LogP contribution in [0.3, 0.4) is 0 Å².